The highest BCUT2D eigenvalue weighted by Crippen LogP contribution is 2.22. The number of hydrogen-bond acceptors (Lipinski definition) is 5. The molecule has 0 radical (unpaired) electrons. The zero-order valence-corrected chi connectivity index (χ0v) is 17.2. The van der Waals surface area contributed by atoms with Gasteiger partial charge in [-0.05, 0) is 25.5 Å². The average Bonchev–Trinajstić information content (AvgIpc) is 3.01. The molecular formula is C22H27N5O2. The number of aromatic nitrogens is 3. The van der Waals surface area contributed by atoms with Crippen molar-refractivity contribution in [2.45, 2.75) is 19.9 Å². The van der Waals surface area contributed by atoms with Gasteiger partial charge in [-0.25, -0.2) is 4.98 Å². The molecule has 1 saturated heterocycles. The minimum atomic E-state index is -0.102. The Kier molecular flexibility index (Phi) is 5.60. The summed E-state index contributed by atoms with van der Waals surface area (Å²) in [5.74, 6) is -0.102. The van der Waals surface area contributed by atoms with Crippen LogP contribution in [0.25, 0.3) is 11.0 Å². The summed E-state index contributed by atoms with van der Waals surface area (Å²) in [5.41, 5.74) is 4.18. The van der Waals surface area contributed by atoms with Gasteiger partial charge in [0.25, 0.3) is 5.91 Å². The number of pyridine rings is 1. The minimum absolute atomic E-state index is 0.102. The van der Waals surface area contributed by atoms with E-state index in [2.05, 4.69) is 32.4 Å². The summed E-state index contributed by atoms with van der Waals surface area (Å²) in [4.78, 5) is 20.0. The number of fused-ring (bicyclic) bond motifs is 1. The molecule has 1 amide bonds. The van der Waals surface area contributed by atoms with Crippen molar-refractivity contribution in [1.82, 2.24) is 25.0 Å². The van der Waals surface area contributed by atoms with Crippen molar-refractivity contribution in [2.24, 2.45) is 7.05 Å². The fourth-order valence-electron chi connectivity index (χ4n) is 3.97. The van der Waals surface area contributed by atoms with E-state index in [0.29, 0.717) is 17.8 Å². The van der Waals surface area contributed by atoms with Crippen LogP contribution in [0.4, 0.5) is 0 Å². The molecule has 0 aliphatic carbocycles. The third-order valence-corrected chi connectivity index (χ3v) is 5.56. The first kappa shape index (κ1) is 19.5. The number of nitrogens with zero attached hydrogens (tertiary/aromatic N) is 4. The van der Waals surface area contributed by atoms with Crippen LogP contribution < -0.4 is 5.32 Å². The molecule has 0 bridgehead atoms. The first-order valence-corrected chi connectivity index (χ1v) is 10.0. The van der Waals surface area contributed by atoms with Crippen LogP contribution in [0.3, 0.4) is 0 Å². The highest BCUT2D eigenvalue weighted by Gasteiger charge is 2.24. The predicted molar refractivity (Wildman–Crippen MR) is 112 cm³/mol. The second-order valence-corrected chi connectivity index (χ2v) is 7.49. The van der Waals surface area contributed by atoms with E-state index in [1.54, 1.807) is 4.68 Å². The molecule has 1 aliphatic rings. The van der Waals surface area contributed by atoms with Gasteiger partial charge in [0, 0.05) is 32.1 Å². The van der Waals surface area contributed by atoms with Gasteiger partial charge in [-0.3, -0.25) is 14.4 Å². The lowest BCUT2D eigenvalue weighted by Gasteiger charge is -2.35. The van der Waals surface area contributed by atoms with E-state index in [-0.39, 0.29) is 11.9 Å². The molecule has 1 unspecified atom stereocenters. The van der Waals surface area contributed by atoms with Crippen LogP contribution in [-0.2, 0) is 11.8 Å². The summed E-state index contributed by atoms with van der Waals surface area (Å²) in [6.45, 7) is 7.49. The molecule has 4 rings (SSSR count). The SMILES string of the molecule is Cc1nc2c(cc1C(=O)NCC(c1ccccc1)N1CCOCC1)c(C)nn2C. The van der Waals surface area contributed by atoms with Gasteiger partial charge < -0.3 is 10.1 Å². The number of aryl methyl sites for hydroxylation is 3. The van der Waals surface area contributed by atoms with Gasteiger partial charge >= 0.3 is 0 Å². The standard InChI is InChI=1S/C22H27N5O2/c1-15-19(13-18-16(2)25-26(3)21(18)24-15)22(28)23-14-20(17-7-5-4-6-8-17)27-9-11-29-12-10-27/h4-8,13,20H,9-12,14H2,1-3H3,(H,23,28). The van der Waals surface area contributed by atoms with Crippen LogP contribution in [-0.4, -0.2) is 58.4 Å². The highest BCUT2D eigenvalue weighted by molar-refractivity contribution is 5.98. The summed E-state index contributed by atoms with van der Waals surface area (Å²) in [6.07, 6.45) is 0. The van der Waals surface area contributed by atoms with Crippen molar-refractivity contribution in [3.63, 3.8) is 0 Å². The van der Waals surface area contributed by atoms with Crippen LogP contribution in [0, 0.1) is 13.8 Å². The fourth-order valence-corrected chi connectivity index (χ4v) is 3.97. The fraction of sp³-hybridized carbons (Fsp3) is 0.409. The maximum Gasteiger partial charge on any atom is 0.253 e. The summed E-state index contributed by atoms with van der Waals surface area (Å²) >= 11 is 0. The highest BCUT2D eigenvalue weighted by atomic mass is 16.5. The molecular weight excluding hydrogens is 366 g/mol. The number of rotatable bonds is 5. The molecule has 7 heteroatoms. The molecule has 1 atom stereocenters. The number of carbonyl (C=O) groups excluding carboxylic acids is 1. The smallest absolute Gasteiger partial charge is 0.253 e. The molecule has 0 spiro atoms. The summed E-state index contributed by atoms with van der Waals surface area (Å²) < 4.78 is 7.26. The number of morpholine rings is 1. The number of hydrogen-bond donors (Lipinski definition) is 1. The van der Waals surface area contributed by atoms with Gasteiger partial charge in [-0.1, -0.05) is 30.3 Å². The Bertz CT molecular complexity index is 1010. The molecule has 2 aromatic heterocycles. The van der Waals surface area contributed by atoms with Crippen LogP contribution in [0.1, 0.15) is 33.4 Å². The van der Waals surface area contributed by atoms with E-state index < -0.39 is 0 Å². The Hall–Kier alpha value is -2.77. The summed E-state index contributed by atoms with van der Waals surface area (Å²) in [5, 5.41) is 8.46. The Morgan fingerprint density at radius 1 is 1.17 bits per heavy atom. The van der Waals surface area contributed by atoms with Gasteiger partial charge in [0.05, 0.1) is 36.2 Å². The third-order valence-electron chi connectivity index (χ3n) is 5.56. The topological polar surface area (TPSA) is 72.3 Å². The summed E-state index contributed by atoms with van der Waals surface area (Å²) in [6, 6.07) is 12.3. The van der Waals surface area contributed by atoms with Crippen molar-refractivity contribution < 1.29 is 9.53 Å². The zero-order chi connectivity index (χ0) is 20.4. The van der Waals surface area contributed by atoms with Crippen LogP contribution in [0.2, 0.25) is 0 Å². The van der Waals surface area contributed by atoms with Crippen molar-refractivity contribution >= 4 is 16.9 Å². The van der Waals surface area contributed by atoms with Crippen molar-refractivity contribution in [2.75, 3.05) is 32.8 Å². The predicted octanol–water partition coefficient (Wildman–Crippen LogP) is 2.39. The molecule has 3 heterocycles. The second-order valence-electron chi connectivity index (χ2n) is 7.49. The lowest BCUT2D eigenvalue weighted by molar-refractivity contribution is 0.0162. The Balaban J connectivity index is 1.55. The molecule has 152 valence electrons. The van der Waals surface area contributed by atoms with Gasteiger partial charge in [-0.15, -0.1) is 0 Å². The number of benzene rings is 1. The monoisotopic (exact) mass is 393 g/mol. The first-order valence-electron chi connectivity index (χ1n) is 10.0. The van der Waals surface area contributed by atoms with Gasteiger partial charge in [0.1, 0.15) is 0 Å². The molecule has 29 heavy (non-hydrogen) atoms. The van der Waals surface area contributed by atoms with Crippen LogP contribution >= 0.6 is 0 Å². The molecule has 7 nitrogen and oxygen atoms in total. The van der Waals surface area contributed by atoms with Crippen molar-refractivity contribution in [3.8, 4) is 0 Å². The lowest BCUT2D eigenvalue weighted by atomic mass is 10.0. The van der Waals surface area contributed by atoms with Crippen LogP contribution in [0.5, 0.6) is 0 Å². The molecule has 0 saturated carbocycles. The molecule has 1 aliphatic heterocycles. The van der Waals surface area contributed by atoms with Gasteiger partial charge in [0.2, 0.25) is 0 Å². The first-order chi connectivity index (χ1) is 14.0. The molecule has 1 fully saturated rings. The van der Waals surface area contributed by atoms with E-state index >= 15 is 0 Å². The quantitative estimate of drug-likeness (QED) is 0.721. The van der Waals surface area contributed by atoms with Crippen molar-refractivity contribution in [3.05, 3.63) is 58.9 Å². The molecule has 1 aromatic carbocycles. The van der Waals surface area contributed by atoms with E-state index in [9.17, 15) is 4.79 Å². The van der Waals surface area contributed by atoms with E-state index in [0.717, 1.165) is 43.0 Å². The Labute approximate surface area is 170 Å². The Morgan fingerprint density at radius 2 is 1.90 bits per heavy atom. The average molecular weight is 393 g/mol. The van der Waals surface area contributed by atoms with E-state index in [4.69, 9.17) is 4.74 Å². The largest absolute Gasteiger partial charge is 0.379 e. The number of amides is 1. The number of ether oxygens (including phenoxy) is 1. The Morgan fingerprint density at radius 3 is 2.62 bits per heavy atom. The third kappa shape index (κ3) is 4.02. The number of carbonyl (C=O) groups is 1. The van der Waals surface area contributed by atoms with Crippen molar-refractivity contribution in [1.29, 1.82) is 0 Å². The maximum absolute atomic E-state index is 13.0. The van der Waals surface area contributed by atoms with E-state index in [1.807, 2.05) is 45.2 Å². The zero-order valence-electron chi connectivity index (χ0n) is 17.2. The second kappa shape index (κ2) is 8.31. The van der Waals surface area contributed by atoms with Gasteiger partial charge in [0.15, 0.2) is 5.65 Å². The lowest BCUT2D eigenvalue weighted by Crippen LogP contribution is -2.43. The van der Waals surface area contributed by atoms with Crippen LogP contribution in [0.15, 0.2) is 36.4 Å². The minimum Gasteiger partial charge on any atom is -0.379 e. The maximum atomic E-state index is 13.0. The molecule has 3 aromatic rings. The van der Waals surface area contributed by atoms with E-state index in [1.165, 1.54) is 5.56 Å². The number of nitrogens with one attached hydrogen (secondary N) is 1. The van der Waals surface area contributed by atoms with Gasteiger partial charge in [-0.2, -0.15) is 5.10 Å². The normalized spacial score (nSPS) is 16.1. The molecule has 1 N–H and O–H groups in total. The summed E-state index contributed by atoms with van der Waals surface area (Å²) in [7, 11) is 1.87.